The van der Waals surface area contributed by atoms with Gasteiger partial charge in [0.25, 0.3) is 0 Å². The molecule has 0 spiro atoms. The predicted octanol–water partition coefficient (Wildman–Crippen LogP) is 7.66. The Morgan fingerprint density at radius 3 is 1.33 bits per heavy atom. The van der Waals surface area contributed by atoms with Crippen molar-refractivity contribution in [1.29, 1.82) is 5.26 Å². The maximum Gasteiger partial charge on any atom is 0.0998 e. The van der Waals surface area contributed by atoms with Crippen LogP contribution in [-0.2, 0) is 0 Å². The van der Waals surface area contributed by atoms with Gasteiger partial charge in [0, 0.05) is 9.79 Å². The molecule has 0 amide bonds. The fourth-order valence-electron chi connectivity index (χ4n) is 3.27. The van der Waals surface area contributed by atoms with Crippen LogP contribution in [0.1, 0.15) is 11.1 Å². The second-order valence-electron chi connectivity index (χ2n) is 6.96. The topological polar surface area (TPSA) is 23.8 Å². The van der Waals surface area contributed by atoms with E-state index in [1.807, 2.05) is 78.9 Å². The van der Waals surface area contributed by atoms with E-state index >= 15 is 0 Å². The molecule has 0 heterocycles. The van der Waals surface area contributed by atoms with Gasteiger partial charge in [-0.05, 0) is 63.7 Å². The van der Waals surface area contributed by atoms with Gasteiger partial charge in [-0.15, -0.1) is 25.3 Å². The van der Waals surface area contributed by atoms with E-state index < -0.39 is 0 Å². The summed E-state index contributed by atoms with van der Waals surface area (Å²) >= 11 is 8.66. The number of rotatable bonds is 4. The molecule has 0 saturated carbocycles. The Labute approximate surface area is 188 Å². The zero-order valence-electron chi connectivity index (χ0n) is 16.2. The molecule has 0 N–H and O–H groups in total. The minimum atomic E-state index is 0.638. The molecule has 0 aliphatic heterocycles. The molecule has 0 atom stereocenters. The highest BCUT2D eigenvalue weighted by Crippen LogP contribution is 2.26. The summed E-state index contributed by atoms with van der Waals surface area (Å²) in [6, 6.07) is 34.7. The van der Waals surface area contributed by atoms with E-state index in [2.05, 4.69) is 55.6 Å². The Bertz CT molecular complexity index is 1210. The van der Waals surface area contributed by atoms with Crippen LogP contribution < -0.4 is 0 Å². The summed E-state index contributed by atoms with van der Waals surface area (Å²) in [4.78, 5) is 1.89. The fourth-order valence-corrected chi connectivity index (χ4v) is 3.57. The Hall–Kier alpha value is -3.19. The number of allylic oxidation sites excluding steroid dienone is 1. The van der Waals surface area contributed by atoms with Crippen molar-refractivity contribution < 1.29 is 0 Å². The normalized spacial score (nSPS) is 11.2. The number of benzene rings is 4. The van der Waals surface area contributed by atoms with Crippen LogP contribution >= 0.6 is 25.3 Å². The third-order valence-electron chi connectivity index (χ3n) is 4.94. The first-order chi connectivity index (χ1) is 14.6. The van der Waals surface area contributed by atoms with E-state index in [-0.39, 0.29) is 0 Å². The molecule has 144 valence electrons. The van der Waals surface area contributed by atoms with Gasteiger partial charge in [0.1, 0.15) is 0 Å². The summed E-state index contributed by atoms with van der Waals surface area (Å²) in [5.74, 6) is 0. The third-order valence-corrected chi connectivity index (χ3v) is 5.54. The minimum absolute atomic E-state index is 0.638. The quantitative estimate of drug-likeness (QED) is 0.197. The van der Waals surface area contributed by atoms with Crippen LogP contribution in [0.3, 0.4) is 0 Å². The summed E-state index contributed by atoms with van der Waals surface area (Å²) in [6.45, 7) is 0. The summed E-state index contributed by atoms with van der Waals surface area (Å²) in [7, 11) is 0. The van der Waals surface area contributed by atoms with Crippen LogP contribution in [0.15, 0.2) is 107 Å². The van der Waals surface area contributed by atoms with E-state index in [1.165, 1.54) is 0 Å². The van der Waals surface area contributed by atoms with E-state index in [0.29, 0.717) is 5.57 Å². The van der Waals surface area contributed by atoms with Gasteiger partial charge >= 0.3 is 0 Å². The Morgan fingerprint density at radius 2 is 0.933 bits per heavy atom. The van der Waals surface area contributed by atoms with Crippen LogP contribution in [0, 0.1) is 11.3 Å². The molecular formula is C27H19NS2. The van der Waals surface area contributed by atoms with Crippen LogP contribution in [0.5, 0.6) is 0 Å². The molecule has 4 rings (SSSR count). The maximum atomic E-state index is 9.68. The maximum absolute atomic E-state index is 9.68. The van der Waals surface area contributed by atoms with Crippen molar-refractivity contribution in [1.82, 2.24) is 0 Å². The van der Waals surface area contributed by atoms with Gasteiger partial charge in [-0.1, -0.05) is 72.8 Å². The molecular weight excluding hydrogens is 402 g/mol. The number of nitrogens with zero attached hydrogens (tertiary/aromatic N) is 1. The van der Waals surface area contributed by atoms with Crippen molar-refractivity contribution in [3.05, 3.63) is 108 Å². The lowest BCUT2D eigenvalue weighted by atomic mass is 9.98. The predicted molar refractivity (Wildman–Crippen MR) is 132 cm³/mol. The molecule has 0 aromatic heterocycles. The summed E-state index contributed by atoms with van der Waals surface area (Å²) < 4.78 is 0. The molecule has 4 aromatic carbocycles. The molecule has 1 nitrogen and oxygen atoms in total. The number of hydrogen-bond acceptors (Lipinski definition) is 3. The highest BCUT2D eigenvalue weighted by molar-refractivity contribution is 7.80. The van der Waals surface area contributed by atoms with E-state index in [0.717, 1.165) is 43.2 Å². The largest absolute Gasteiger partial charge is 0.192 e. The highest BCUT2D eigenvalue weighted by Gasteiger charge is 2.04. The smallest absolute Gasteiger partial charge is 0.0998 e. The van der Waals surface area contributed by atoms with Crippen LogP contribution in [0.25, 0.3) is 33.9 Å². The Morgan fingerprint density at radius 1 is 0.567 bits per heavy atom. The molecule has 0 fully saturated rings. The van der Waals surface area contributed by atoms with E-state index in [1.54, 1.807) is 0 Å². The first-order valence-corrected chi connectivity index (χ1v) is 10.4. The molecule has 0 bridgehead atoms. The molecule has 0 unspecified atom stereocenters. The molecule has 30 heavy (non-hydrogen) atoms. The molecule has 0 aliphatic rings. The van der Waals surface area contributed by atoms with E-state index in [9.17, 15) is 5.26 Å². The van der Waals surface area contributed by atoms with Crippen LogP contribution in [0.2, 0.25) is 0 Å². The first-order valence-electron chi connectivity index (χ1n) is 9.53. The van der Waals surface area contributed by atoms with Crippen molar-refractivity contribution in [3.63, 3.8) is 0 Å². The summed E-state index contributed by atoms with van der Waals surface area (Å²) in [5, 5.41) is 9.68. The molecule has 4 aromatic rings. The van der Waals surface area contributed by atoms with Gasteiger partial charge in [-0.25, -0.2) is 0 Å². The van der Waals surface area contributed by atoms with Gasteiger partial charge in [0.2, 0.25) is 0 Å². The van der Waals surface area contributed by atoms with Gasteiger partial charge in [0.15, 0.2) is 0 Å². The molecule has 0 radical (unpaired) electrons. The SMILES string of the molecule is N#C/C(=C\c1ccc(-c2ccc(S)cc2)cc1)c1ccc(-c2ccc(S)cc2)cc1. The molecule has 3 heteroatoms. The zero-order chi connectivity index (χ0) is 20.9. The standard InChI is InChI=1S/C27H19NS2/c28-18-25(24-7-5-21(6-8-24)23-11-15-27(30)16-12-23)17-19-1-3-20(4-2-19)22-9-13-26(29)14-10-22/h1-17,29-30H/b25-17+. The fraction of sp³-hybridized carbons (Fsp3) is 0. The average molecular weight is 422 g/mol. The van der Waals surface area contributed by atoms with Gasteiger partial charge in [0.05, 0.1) is 11.6 Å². The molecule has 0 saturated heterocycles. The number of hydrogen-bond donors (Lipinski definition) is 2. The second kappa shape index (κ2) is 9.09. The Balaban J connectivity index is 1.56. The number of nitriles is 1. The van der Waals surface area contributed by atoms with Gasteiger partial charge in [-0.3, -0.25) is 0 Å². The van der Waals surface area contributed by atoms with Gasteiger partial charge < -0.3 is 0 Å². The lowest BCUT2D eigenvalue weighted by molar-refractivity contribution is 1.46. The third kappa shape index (κ3) is 4.68. The molecule has 0 aliphatic carbocycles. The minimum Gasteiger partial charge on any atom is -0.192 e. The highest BCUT2D eigenvalue weighted by atomic mass is 32.1. The van der Waals surface area contributed by atoms with E-state index in [4.69, 9.17) is 0 Å². The average Bonchev–Trinajstić information content (AvgIpc) is 2.79. The van der Waals surface area contributed by atoms with Crippen molar-refractivity contribution in [2.45, 2.75) is 9.79 Å². The monoisotopic (exact) mass is 421 g/mol. The second-order valence-corrected chi connectivity index (χ2v) is 8.00. The van der Waals surface area contributed by atoms with Crippen LogP contribution in [-0.4, -0.2) is 0 Å². The Kier molecular flexibility index (Phi) is 6.09. The number of thiol groups is 2. The lowest BCUT2D eigenvalue weighted by Gasteiger charge is -2.06. The summed E-state index contributed by atoms with van der Waals surface area (Å²) in [6.07, 6.45) is 1.92. The van der Waals surface area contributed by atoms with Crippen molar-refractivity contribution in [2.75, 3.05) is 0 Å². The van der Waals surface area contributed by atoms with Crippen molar-refractivity contribution in [3.8, 4) is 28.3 Å². The zero-order valence-corrected chi connectivity index (χ0v) is 17.9. The summed E-state index contributed by atoms with van der Waals surface area (Å²) in [5.41, 5.74) is 7.06. The van der Waals surface area contributed by atoms with Crippen molar-refractivity contribution in [2.24, 2.45) is 0 Å². The van der Waals surface area contributed by atoms with Gasteiger partial charge in [-0.2, -0.15) is 5.26 Å². The van der Waals surface area contributed by atoms with Crippen LogP contribution in [0.4, 0.5) is 0 Å². The lowest BCUT2D eigenvalue weighted by Crippen LogP contribution is -1.84. The van der Waals surface area contributed by atoms with Crippen molar-refractivity contribution >= 4 is 36.9 Å². The first kappa shape index (κ1) is 20.1.